The second-order valence-electron chi connectivity index (χ2n) is 3.72. The maximum absolute atomic E-state index is 11.5. The number of rotatable bonds is 4. The van der Waals surface area contributed by atoms with Gasteiger partial charge in [0.05, 0.1) is 5.57 Å². The predicted molar refractivity (Wildman–Crippen MR) is 66.0 cm³/mol. The summed E-state index contributed by atoms with van der Waals surface area (Å²) in [7, 11) is 0. The molecule has 2 heterocycles. The molecule has 0 saturated heterocycles. The molecule has 1 aromatic rings. The molecule has 0 N–H and O–H groups in total. The highest BCUT2D eigenvalue weighted by molar-refractivity contribution is 7.10. The van der Waals surface area contributed by atoms with Crippen LogP contribution in [0.3, 0.4) is 0 Å². The summed E-state index contributed by atoms with van der Waals surface area (Å²) in [5.41, 5.74) is 0.661. The summed E-state index contributed by atoms with van der Waals surface area (Å²) in [4.78, 5) is 12.6. The Kier molecular flexibility index (Phi) is 3.57. The Balaban J connectivity index is 2.10. The Bertz CT molecular complexity index is 427. The van der Waals surface area contributed by atoms with Crippen molar-refractivity contribution in [3.8, 4) is 0 Å². The number of hydrogen-bond acceptors (Lipinski definition) is 3. The molecule has 0 unspecified atom stereocenters. The van der Waals surface area contributed by atoms with Gasteiger partial charge in [0.25, 0.3) is 0 Å². The number of allylic oxidation sites excluding steroid dienone is 1. The molecule has 0 bridgehead atoms. The third-order valence-electron chi connectivity index (χ3n) is 2.39. The summed E-state index contributed by atoms with van der Waals surface area (Å²) in [6.45, 7) is 2.12. The van der Waals surface area contributed by atoms with Crippen LogP contribution in [0.5, 0.6) is 0 Å². The first-order chi connectivity index (χ1) is 7.79. The Morgan fingerprint density at radius 1 is 1.50 bits per heavy atom. The van der Waals surface area contributed by atoms with Gasteiger partial charge in [-0.15, -0.1) is 11.3 Å². The van der Waals surface area contributed by atoms with Crippen molar-refractivity contribution >= 4 is 23.4 Å². The van der Waals surface area contributed by atoms with Crippen LogP contribution in [-0.4, -0.2) is 5.97 Å². The molecule has 0 amide bonds. The molecule has 84 valence electrons. The molecule has 1 aliphatic heterocycles. The number of ether oxygens (including phenoxy) is 1. The van der Waals surface area contributed by atoms with E-state index < -0.39 is 0 Å². The van der Waals surface area contributed by atoms with Crippen LogP contribution in [-0.2, 0) is 9.53 Å². The fraction of sp³-hybridized carbons (Fsp3) is 0.308. The minimum absolute atomic E-state index is 0.223. The zero-order valence-electron chi connectivity index (χ0n) is 9.23. The average Bonchev–Trinajstić information content (AvgIpc) is 2.87. The van der Waals surface area contributed by atoms with Crippen LogP contribution in [0.25, 0.3) is 6.08 Å². The van der Waals surface area contributed by atoms with Gasteiger partial charge in [0.2, 0.25) is 0 Å². The van der Waals surface area contributed by atoms with Gasteiger partial charge in [0.1, 0.15) is 5.76 Å². The van der Waals surface area contributed by atoms with E-state index in [1.54, 1.807) is 11.3 Å². The SMILES string of the molecule is CCCCC1=C/C(=C\c2cccs2)C(=O)O1. The first kappa shape index (κ1) is 11.1. The van der Waals surface area contributed by atoms with Crippen molar-refractivity contribution < 1.29 is 9.53 Å². The van der Waals surface area contributed by atoms with E-state index in [-0.39, 0.29) is 5.97 Å². The first-order valence-electron chi connectivity index (χ1n) is 5.47. The number of carbonyl (C=O) groups excluding carboxylic acids is 1. The van der Waals surface area contributed by atoms with Crippen LogP contribution in [0.15, 0.2) is 34.9 Å². The summed E-state index contributed by atoms with van der Waals surface area (Å²) in [6.07, 6.45) is 6.76. The van der Waals surface area contributed by atoms with Gasteiger partial charge in [0.15, 0.2) is 0 Å². The third kappa shape index (κ3) is 2.61. The van der Waals surface area contributed by atoms with E-state index in [9.17, 15) is 4.79 Å². The van der Waals surface area contributed by atoms with E-state index in [4.69, 9.17) is 4.74 Å². The molecule has 3 heteroatoms. The third-order valence-corrected chi connectivity index (χ3v) is 3.21. The zero-order chi connectivity index (χ0) is 11.4. The molecule has 0 radical (unpaired) electrons. The highest BCUT2D eigenvalue weighted by Crippen LogP contribution is 2.24. The number of carbonyl (C=O) groups is 1. The van der Waals surface area contributed by atoms with Gasteiger partial charge in [-0.2, -0.15) is 0 Å². The smallest absolute Gasteiger partial charge is 0.343 e. The molecule has 0 aromatic carbocycles. The van der Waals surface area contributed by atoms with E-state index in [1.807, 2.05) is 29.7 Å². The van der Waals surface area contributed by atoms with Gasteiger partial charge in [-0.1, -0.05) is 19.4 Å². The van der Waals surface area contributed by atoms with Gasteiger partial charge in [0, 0.05) is 11.3 Å². The lowest BCUT2D eigenvalue weighted by molar-refractivity contribution is -0.133. The van der Waals surface area contributed by atoms with Gasteiger partial charge < -0.3 is 4.74 Å². The van der Waals surface area contributed by atoms with Crippen molar-refractivity contribution in [3.05, 3.63) is 39.8 Å². The fourth-order valence-electron chi connectivity index (χ4n) is 1.54. The molecule has 0 saturated carbocycles. The van der Waals surface area contributed by atoms with Crippen LogP contribution in [0.1, 0.15) is 31.1 Å². The molecule has 1 aliphatic rings. The molecule has 0 atom stereocenters. The van der Waals surface area contributed by atoms with Crippen molar-refractivity contribution in [3.63, 3.8) is 0 Å². The maximum atomic E-state index is 11.5. The summed E-state index contributed by atoms with van der Waals surface area (Å²) < 4.78 is 5.18. The number of unbranched alkanes of at least 4 members (excludes halogenated alkanes) is 1. The van der Waals surface area contributed by atoms with Gasteiger partial charge in [-0.3, -0.25) is 0 Å². The predicted octanol–water partition coefficient (Wildman–Crippen LogP) is 3.76. The molecular weight excluding hydrogens is 220 g/mol. The molecule has 0 fully saturated rings. The monoisotopic (exact) mass is 234 g/mol. The first-order valence-corrected chi connectivity index (χ1v) is 6.35. The van der Waals surface area contributed by atoms with Crippen LogP contribution >= 0.6 is 11.3 Å². The van der Waals surface area contributed by atoms with Crippen molar-refractivity contribution in [1.29, 1.82) is 0 Å². The van der Waals surface area contributed by atoms with E-state index >= 15 is 0 Å². The largest absolute Gasteiger partial charge is 0.427 e. The lowest BCUT2D eigenvalue weighted by Crippen LogP contribution is -1.96. The summed E-state index contributed by atoms with van der Waals surface area (Å²) in [5, 5.41) is 1.99. The number of cyclic esters (lactones) is 1. The van der Waals surface area contributed by atoms with Crippen LogP contribution < -0.4 is 0 Å². The topological polar surface area (TPSA) is 26.3 Å². The zero-order valence-corrected chi connectivity index (χ0v) is 10.0. The Labute approximate surface area is 99.2 Å². The van der Waals surface area contributed by atoms with E-state index in [2.05, 4.69) is 6.92 Å². The molecule has 16 heavy (non-hydrogen) atoms. The van der Waals surface area contributed by atoms with Gasteiger partial charge in [-0.05, 0) is 30.0 Å². The second kappa shape index (κ2) is 5.12. The minimum atomic E-state index is -0.223. The molecule has 0 aliphatic carbocycles. The highest BCUT2D eigenvalue weighted by atomic mass is 32.1. The second-order valence-corrected chi connectivity index (χ2v) is 4.70. The average molecular weight is 234 g/mol. The number of thiophene rings is 1. The van der Waals surface area contributed by atoms with E-state index in [0.717, 1.165) is 29.9 Å². The fourth-order valence-corrected chi connectivity index (χ4v) is 2.21. The standard InChI is InChI=1S/C13H14O2S/c1-2-3-5-11-8-10(13(14)15-11)9-12-6-4-7-16-12/h4,6-9H,2-3,5H2,1H3/b10-9+. The Morgan fingerprint density at radius 3 is 3.06 bits per heavy atom. The molecule has 0 spiro atoms. The molecular formula is C13H14O2S. The van der Waals surface area contributed by atoms with Crippen molar-refractivity contribution in [2.75, 3.05) is 0 Å². The van der Waals surface area contributed by atoms with E-state index in [1.165, 1.54) is 0 Å². The Morgan fingerprint density at radius 2 is 2.38 bits per heavy atom. The maximum Gasteiger partial charge on any atom is 0.343 e. The number of esters is 1. The molecule has 2 nitrogen and oxygen atoms in total. The van der Waals surface area contributed by atoms with Gasteiger partial charge in [-0.25, -0.2) is 4.79 Å². The summed E-state index contributed by atoms with van der Waals surface area (Å²) in [5.74, 6) is 0.578. The molecule has 1 aromatic heterocycles. The summed E-state index contributed by atoms with van der Waals surface area (Å²) in [6, 6.07) is 3.96. The van der Waals surface area contributed by atoms with E-state index in [0.29, 0.717) is 5.57 Å². The quantitative estimate of drug-likeness (QED) is 0.585. The van der Waals surface area contributed by atoms with Gasteiger partial charge >= 0.3 is 5.97 Å². The van der Waals surface area contributed by atoms with Crippen molar-refractivity contribution in [2.45, 2.75) is 26.2 Å². The van der Waals surface area contributed by atoms with Crippen LogP contribution in [0.4, 0.5) is 0 Å². The Hall–Kier alpha value is -1.35. The van der Waals surface area contributed by atoms with Crippen molar-refractivity contribution in [2.24, 2.45) is 0 Å². The lowest BCUT2D eigenvalue weighted by Gasteiger charge is -1.98. The normalized spacial score (nSPS) is 17.7. The molecule has 2 rings (SSSR count). The highest BCUT2D eigenvalue weighted by Gasteiger charge is 2.20. The van der Waals surface area contributed by atoms with Crippen molar-refractivity contribution in [1.82, 2.24) is 0 Å². The lowest BCUT2D eigenvalue weighted by atomic mass is 10.2. The summed E-state index contributed by atoms with van der Waals surface area (Å²) >= 11 is 1.62. The van der Waals surface area contributed by atoms with Crippen LogP contribution in [0.2, 0.25) is 0 Å². The van der Waals surface area contributed by atoms with Crippen LogP contribution in [0, 0.1) is 0 Å². The number of hydrogen-bond donors (Lipinski definition) is 0. The minimum Gasteiger partial charge on any atom is -0.427 e.